The van der Waals surface area contributed by atoms with Gasteiger partial charge in [0.1, 0.15) is 0 Å². The fraction of sp³-hybridized carbons (Fsp3) is 0.636. The van der Waals surface area contributed by atoms with Crippen molar-refractivity contribution in [2.24, 2.45) is 0 Å². The summed E-state index contributed by atoms with van der Waals surface area (Å²) in [4.78, 5) is 0.936. The van der Waals surface area contributed by atoms with Crippen LogP contribution >= 0.6 is 22.9 Å². The number of thiophene rings is 1. The van der Waals surface area contributed by atoms with Crippen LogP contribution in [0.25, 0.3) is 0 Å². The Labute approximate surface area is 100 Å². The van der Waals surface area contributed by atoms with Crippen LogP contribution in [0.1, 0.15) is 31.6 Å². The van der Waals surface area contributed by atoms with Crippen LogP contribution in [0.15, 0.2) is 12.1 Å². The van der Waals surface area contributed by atoms with E-state index in [2.05, 4.69) is 12.2 Å². The predicted octanol–water partition coefficient (Wildman–Crippen LogP) is 3.00. The van der Waals surface area contributed by atoms with Crippen molar-refractivity contribution in [3.63, 3.8) is 0 Å². The highest BCUT2D eigenvalue weighted by atomic mass is 35.5. The highest BCUT2D eigenvalue weighted by Gasteiger charge is 2.24. The van der Waals surface area contributed by atoms with Gasteiger partial charge in [0.25, 0.3) is 0 Å². The first kappa shape index (κ1) is 13.0. The first-order chi connectivity index (χ1) is 7.06. The summed E-state index contributed by atoms with van der Waals surface area (Å²) in [6.07, 6.45) is 1.83. The van der Waals surface area contributed by atoms with Gasteiger partial charge in [0.05, 0.1) is 9.94 Å². The van der Waals surface area contributed by atoms with Crippen molar-refractivity contribution in [1.29, 1.82) is 0 Å². The topological polar surface area (TPSA) is 32.3 Å². The zero-order chi connectivity index (χ0) is 11.3. The molecule has 2 N–H and O–H groups in total. The van der Waals surface area contributed by atoms with Gasteiger partial charge in [-0.05, 0) is 45.0 Å². The molecule has 0 aliphatic heterocycles. The summed E-state index contributed by atoms with van der Waals surface area (Å²) in [6, 6.07) is 3.72. The smallest absolute Gasteiger partial charge is 0.0972 e. The second kappa shape index (κ2) is 5.85. The fourth-order valence-corrected chi connectivity index (χ4v) is 2.48. The summed E-state index contributed by atoms with van der Waals surface area (Å²) < 4.78 is 0.729. The minimum atomic E-state index is -0.765. The van der Waals surface area contributed by atoms with Gasteiger partial charge in [0.15, 0.2) is 0 Å². The molecule has 1 rings (SSSR count). The molecule has 1 heterocycles. The van der Waals surface area contributed by atoms with Crippen LogP contribution in [-0.2, 0) is 5.60 Å². The molecule has 0 bridgehead atoms. The number of nitrogens with one attached hydrogen (secondary N) is 1. The quantitative estimate of drug-likeness (QED) is 0.758. The molecule has 0 spiro atoms. The average Bonchev–Trinajstić information content (AvgIpc) is 2.60. The molecule has 0 saturated carbocycles. The minimum Gasteiger partial charge on any atom is -0.385 e. The van der Waals surface area contributed by atoms with Gasteiger partial charge in [0.2, 0.25) is 0 Å². The van der Waals surface area contributed by atoms with Crippen molar-refractivity contribution in [2.45, 2.75) is 32.3 Å². The van der Waals surface area contributed by atoms with Crippen LogP contribution in [-0.4, -0.2) is 18.2 Å². The Morgan fingerprint density at radius 3 is 2.73 bits per heavy atom. The van der Waals surface area contributed by atoms with Crippen molar-refractivity contribution in [3.05, 3.63) is 21.3 Å². The van der Waals surface area contributed by atoms with E-state index in [1.54, 1.807) is 0 Å². The van der Waals surface area contributed by atoms with E-state index < -0.39 is 5.60 Å². The summed E-state index contributed by atoms with van der Waals surface area (Å²) in [5.74, 6) is 0. The molecule has 2 nitrogen and oxygen atoms in total. The van der Waals surface area contributed by atoms with Gasteiger partial charge in [-0.1, -0.05) is 18.5 Å². The third kappa shape index (κ3) is 4.11. The maximum atomic E-state index is 10.2. The fourth-order valence-electron chi connectivity index (χ4n) is 1.36. The van der Waals surface area contributed by atoms with Crippen molar-refractivity contribution in [3.8, 4) is 0 Å². The second-order valence-corrected chi connectivity index (χ2v) is 5.59. The molecule has 0 amide bonds. The molecule has 0 aliphatic rings. The number of aliphatic hydroxyl groups is 1. The molecule has 0 aromatic carbocycles. The van der Waals surface area contributed by atoms with Gasteiger partial charge >= 0.3 is 0 Å². The average molecular weight is 248 g/mol. The Hall–Kier alpha value is -0.0900. The number of hydrogen-bond acceptors (Lipinski definition) is 3. The number of halogens is 1. The van der Waals surface area contributed by atoms with Crippen molar-refractivity contribution in [2.75, 3.05) is 13.1 Å². The van der Waals surface area contributed by atoms with Crippen LogP contribution < -0.4 is 5.32 Å². The molecule has 0 fully saturated rings. The Balaban J connectivity index is 2.44. The maximum Gasteiger partial charge on any atom is 0.0972 e. The third-order valence-corrected chi connectivity index (χ3v) is 3.80. The lowest BCUT2D eigenvalue weighted by atomic mass is 10.0. The highest BCUT2D eigenvalue weighted by Crippen LogP contribution is 2.32. The summed E-state index contributed by atoms with van der Waals surface area (Å²) in [7, 11) is 0. The van der Waals surface area contributed by atoms with E-state index in [-0.39, 0.29) is 0 Å². The maximum absolute atomic E-state index is 10.2. The first-order valence-electron chi connectivity index (χ1n) is 5.25. The number of hydrogen-bond donors (Lipinski definition) is 2. The van der Waals surface area contributed by atoms with E-state index in [0.717, 1.165) is 28.7 Å². The van der Waals surface area contributed by atoms with Gasteiger partial charge in [0, 0.05) is 4.88 Å². The first-order valence-corrected chi connectivity index (χ1v) is 6.44. The molecule has 1 atom stereocenters. The molecule has 86 valence electrons. The molecule has 1 aromatic heterocycles. The van der Waals surface area contributed by atoms with Crippen molar-refractivity contribution in [1.82, 2.24) is 5.32 Å². The van der Waals surface area contributed by atoms with Gasteiger partial charge < -0.3 is 10.4 Å². The molecule has 0 aliphatic carbocycles. The third-order valence-electron chi connectivity index (χ3n) is 2.32. The van der Waals surface area contributed by atoms with E-state index in [0.29, 0.717) is 6.42 Å². The number of rotatable bonds is 6. The summed E-state index contributed by atoms with van der Waals surface area (Å²) in [5, 5.41) is 13.5. The standard InChI is InChI=1S/C11H18ClNOS/c1-3-7-13-8-6-11(2,14)9-4-5-10(12)15-9/h4-5,13-14H,3,6-8H2,1-2H3. The van der Waals surface area contributed by atoms with E-state index in [1.807, 2.05) is 19.1 Å². The second-order valence-electron chi connectivity index (χ2n) is 3.88. The summed E-state index contributed by atoms with van der Waals surface area (Å²) in [5.41, 5.74) is -0.765. The van der Waals surface area contributed by atoms with Crippen LogP contribution in [0.5, 0.6) is 0 Å². The Morgan fingerprint density at radius 1 is 1.47 bits per heavy atom. The lowest BCUT2D eigenvalue weighted by Gasteiger charge is -2.21. The SMILES string of the molecule is CCCNCCC(C)(O)c1ccc(Cl)s1. The lowest BCUT2D eigenvalue weighted by molar-refractivity contribution is 0.0518. The van der Waals surface area contributed by atoms with Gasteiger partial charge in [-0.15, -0.1) is 11.3 Å². The van der Waals surface area contributed by atoms with E-state index in [9.17, 15) is 5.11 Å². The molecule has 1 aromatic rings. The molecule has 1 unspecified atom stereocenters. The van der Waals surface area contributed by atoms with Gasteiger partial charge in [-0.25, -0.2) is 0 Å². The molecular weight excluding hydrogens is 230 g/mol. The minimum absolute atomic E-state index is 0.712. The van der Waals surface area contributed by atoms with Crippen LogP contribution in [0, 0.1) is 0 Å². The summed E-state index contributed by atoms with van der Waals surface area (Å²) >= 11 is 7.29. The lowest BCUT2D eigenvalue weighted by Crippen LogP contribution is -2.27. The predicted molar refractivity (Wildman–Crippen MR) is 66.7 cm³/mol. The van der Waals surface area contributed by atoms with Gasteiger partial charge in [-0.3, -0.25) is 0 Å². The largest absolute Gasteiger partial charge is 0.385 e. The zero-order valence-corrected chi connectivity index (χ0v) is 10.8. The van der Waals surface area contributed by atoms with Crippen molar-refractivity contribution < 1.29 is 5.11 Å². The summed E-state index contributed by atoms with van der Waals surface area (Å²) in [6.45, 7) is 5.80. The van der Waals surface area contributed by atoms with E-state index >= 15 is 0 Å². The Bertz CT molecular complexity index is 299. The van der Waals surface area contributed by atoms with Gasteiger partial charge in [-0.2, -0.15) is 0 Å². The van der Waals surface area contributed by atoms with Crippen molar-refractivity contribution >= 4 is 22.9 Å². The Morgan fingerprint density at radius 2 is 2.20 bits per heavy atom. The van der Waals surface area contributed by atoms with Crippen LogP contribution in [0.3, 0.4) is 0 Å². The Kier molecular flexibility index (Phi) is 5.06. The molecule has 4 heteroatoms. The molecule has 0 radical (unpaired) electrons. The van der Waals surface area contributed by atoms with E-state index in [4.69, 9.17) is 11.6 Å². The van der Waals surface area contributed by atoms with Crippen LogP contribution in [0.2, 0.25) is 4.34 Å². The van der Waals surface area contributed by atoms with Crippen LogP contribution in [0.4, 0.5) is 0 Å². The molecule has 15 heavy (non-hydrogen) atoms. The monoisotopic (exact) mass is 247 g/mol. The van der Waals surface area contributed by atoms with E-state index in [1.165, 1.54) is 11.3 Å². The molecule has 0 saturated heterocycles. The zero-order valence-electron chi connectivity index (χ0n) is 9.22. The molecular formula is C11H18ClNOS. The normalized spacial score (nSPS) is 15.2. The highest BCUT2D eigenvalue weighted by molar-refractivity contribution is 7.16.